The molecule has 3 atom stereocenters. The minimum Gasteiger partial charge on any atom is -0.382 e. The number of fused-ring (bicyclic) bond motifs is 1. The molecule has 1 fully saturated rings. The van der Waals surface area contributed by atoms with Crippen LogP contribution in [0.4, 0.5) is 18.9 Å². The van der Waals surface area contributed by atoms with Crippen molar-refractivity contribution >= 4 is 16.5 Å². The summed E-state index contributed by atoms with van der Waals surface area (Å²) in [6, 6.07) is 7.73. The molecule has 0 aliphatic carbocycles. The van der Waals surface area contributed by atoms with Gasteiger partial charge in [-0.15, -0.1) is 0 Å². The van der Waals surface area contributed by atoms with Crippen LogP contribution in [-0.2, 0) is 0 Å². The van der Waals surface area contributed by atoms with Crippen LogP contribution in [0.25, 0.3) is 10.8 Å². The highest BCUT2D eigenvalue weighted by atomic mass is 19.4. The van der Waals surface area contributed by atoms with Crippen molar-refractivity contribution in [1.82, 2.24) is 4.98 Å². The number of nitrogens with zero attached hydrogens (tertiary/aromatic N) is 3. The number of benzene rings is 1. The SMILES string of the molecule is C[C@H]1CC[C@@H]([C@H](O)C(F)(F)F)N1c1ccc2c(C#N)nccc2c1. The number of pyridine rings is 1. The van der Waals surface area contributed by atoms with Crippen molar-refractivity contribution in [2.24, 2.45) is 0 Å². The Labute approximate surface area is 137 Å². The first kappa shape index (κ1) is 16.5. The Morgan fingerprint density at radius 2 is 2.08 bits per heavy atom. The molecule has 1 saturated heterocycles. The number of rotatable bonds is 2. The summed E-state index contributed by atoms with van der Waals surface area (Å²) >= 11 is 0. The molecule has 0 bridgehead atoms. The van der Waals surface area contributed by atoms with Gasteiger partial charge in [-0.3, -0.25) is 0 Å². The van der Waals surface area contributed by atoms with E-state index >= 15 is 0 Å². The quantitative estimate of drug-likeness (QED) is 0.914. The van der Waals surface area contributed by atoms with Crippen LogP contribution < -0.4 is 4.90 Å². The molecular weight excluding hydrogens is 319 g/mol. The van der Waals surface area contributed by atoms with Crippen LogP contribution in [0.1, 0.15) is 25.5 Å². The molecule has 3 rings (SSSR count). The maximum Gasteiger partial charge on any atom is 0.416 e. The summed E-state index contributed by atoms with van der Waals surface area (Å²) in [7, 11) is 0. The zero-order valence-electron chi connectivity index (χ0n) is 13.0. The van der Waals surface area contributed by atoms with E-state index in [-0.39, 0.29) is 18.2 Å². The molecule has 0 unspecified atom stereocenters. The third-order valence-corrected chi connectivity index (χ3v) is 4.56. The summed E-state index contributed by atoms with van der Waals surface area (Å²) in [5, 5.41) is 20.2. The predicted molar refractivity (Wildman–Crippen MR) is 83.5 cm³/mol. The first-order valence-corrected chi connectivity index (χ1v) is 7.65. The molecule has 1 aromatic carbocycles. The van der Waals surface area contributed by atoms with E-state index in [1.807, 2.05) is 13.0 Å². The largest absolute Gasteiger partial charge is 0.416 e. The molecule has 1 aromatic heterocycles. The maximum atomic E-state index is 12.9. The highest BCUT2D eigenvalue weighted by molar-refractivity contribution is 5.89. The van der Waals surface area contributed by atoms with Crippen molar-refractivity contribution in [3.05, 3.63) is 36.2 Å². The molecule has 1 N–H and O–H groups in total. The normalized spacial score (nSPS) is 22.6. The highest BCUT2D eigenvalue weighted by Crippen LogP contribution is 2.37. The second-order valence-corrected chi connectivity index (χ2v) is 6.06. The third kappa shape index (κ3) is 2.78. The van der Waals surface area contributed by atoms with Gasteiger partial charge < -0.3 is 10.0 Å². The van der Waals surface area contributed by atoms with Gasteiger partial charge in [0.1, 0.15) is 11.8 Å². The molecule has 0 spiro atoms. The van der Waals surface area contributed by atoms with Crippen molar-refractivity contribution in [3.63, 3.8) is 0 Å². The average molecular weight is 335 g/mol. The molecule has 0 amide bonds. The number of halogens is 3. The third-order valence-electron chi connectivity index (χ3n) is 4.56. The van der Waals surface area contributed by atoms with Gasteiger partial charge in [0.05, 0.1) is 6.04 Å². The summed E-state index contributed by atoms with van der Waals surface area (Å²) in [4.78, 5) is 5.61. The lowest BCUT2D eigenvalue weighted by Crippen LogP contribution is -2.48. The van der Waals surface area contributed by atoms with Gasteiger partial charge in [0, 0.05) is 23.3 Å². The monoisotopic (exact) mass is 335 g/mol. The summed E-state index contributed by atoms with van der Waals surface area (Å²) in [5.41, 5.74) is 0.885. The minimum atomic E-state index is -4.65. The molecule has 4 nitrogen and oxygen atoms in total. The smallest absolute Gasteiger partial charge is 0.382 e. The lowest BCUT2D eigenvalue weighted by Gasteiger charge is -2.34. The Kier molecular flexibility index (Phi) is 4.10. The molecule has 126 valence electrons. The number of anilines is 1. The van der Waals surface area contributed by atoms with Gasteiger partial charge in [0.15, 0.2) is 6.10 Å². The highest BCUT2D eigenvalue weighted by Gasteiger charge is 2.48. The van der Waals surface area contributed by atoms with Gasteiger partial charge in [-0.2, -0.15) is 18.4 Å². The van der Waals surface area contributed by atoms with Crippen LogP contribution in [0.3, 0.4) is 0 Å². The zero-order chi connectivity index (χ0) is 17.5. The van der Waals surface area contributed by atoms with E-state index in [1.54, 1.807) is 29.2 Å². The predicted octanol–water partition coefficient (Wildman–Crippen LogP) is 3.39. The number of alkyl halides is 3. The number of aromatic nitrogens is 1. The van der Waals surface area contributed by atoms with Crippen molar-refractivity contribution in [2.45, 2.75) is 44.1 Å². The van der Waals surface area contributed by atoms with Gasteiger partial charge in [-0.05, 0) is 49.4 Å². The number of nitriles is 1. The molecule has 0 radical (unpaired) electrons. The Bertz CT molecular complexity index is 800. The topological polar surface area (TPSA) is 60.1 Å². The lowest BCUT2D eigenvalue weighted by atomic mass is 10.1. The van der Waals surface area contributed by atoms with Crippen LogP contribution in [0.5, 0.6) is 0 Å². The fourth-order valence-electron chi connectivity index (χ4n) is 3.41. The minimum absolute atomic E-state index is 0.110. The number of hydrogen-bond acceptors (Lipinski definition) is 4. The van der Waals surface area contributed by atoms with Crippen LogP contribution in [-0.4, -0.2) is 34.5 Å². The van der Waals surface area contributed by atoms with Crippen LogP contribution in [0, 0.1) is 11.3 Å². The van der Waals surface area contributed by atoms with Crippen LogP contribution in [0.15, 0.2) is 30.5 Å². The lowest BCUT2D eigenvalue weighted by molar-refractivity contribution is -0.209. The number of hydrogen-bond donors (Lipinski definition) is 1. The second-order valence-electron chi connectivity index (χ2n) is 6.06. The van der Waals surface area contributed by atoms with E-state index in [2.05, 4.69) is 4.98 Å². The Balaban J connectivity index is 2.03. The Morgan fingerprint density at radius 1 is 1.33 bits per heavy atom. The second kappa shape index (κ2) is 5.95. The van der Waals surface area contributed by atoms with Crippen molar-refractivity contribution in [3.8, 4) is 6.07 Å². The van der Waals surface area contributed by atoms with Crippen molar-refractivity contribution in [2.75, 3.05) is 4.90 Å². The van der Waals surface area contributed by atoms with Crippen LogP contribution in [0.2, 0.25) is 0 Å². The zero-order valence-corrected chi connectivity index (χ0v) is 13.0. The first-order chi connectivity index (χ1) is 11.3. The van der Waals surface area contributed by atoms with E-state index in [0.717, 1.165) is 5.39 Å². The summed E-state index contributed by atoms with van der Waals surface area (Å²) in [5.74, 6) is 0. The maximum absolute atomic E-state index is 12.9. The molecule has 7 heteroatoms. The average Bonchev–Trinajstić information content (AvgIpc) is 2.93. The Morgan fingerprint density at radius 3 is 2.75 bits per heavy atom. The molecular formula is C17H16F3N3O. The van der Waals surface area contributed by atoms with E-state index < -0.39 is 18.3 Å². The van der Waals surface area contributed by atoms with Crippen molar-refractivity contribution in [1.29, 1.82) is 5.26 Å². The summed E-state index contributed by atoms with van der Waals surface area (Å²) in [6.45, 7) is 1.85. The van der Waals surface area contributed by atoms with E-state index in [9.17, 15) is 18.3 Å². The van der Waals surface area contributed by atoms with Crippen LogP contribution >= 0.6 is 0 Å². The van der Waals surface area contributed by atoms with E-state index in [0.29, 0.717) is 17.5 Å². The van der Waals surface area contributed by atoms with Gasteiger partial charge in [0.25, 0.3) is 0 Å². The standard InChI is InChI=1S/C17H16F3N3O/c1-10-2-5-15(16(24)17(18,19)20)23(10)12-3-4-13-11(8-12)6-7-22-14(13)9-21/h3-4,6-8,10,15-16,24H,2,5H2,1H3/t10-,15-,16-/m0/s1. The number of aliphatic hydroxyl groups is 1. The molecule has 2 heterocycles. The van der Waals surface area contributed by atoms with Gasteiger partial charge >= 0.3 is 6.18 Å². The van der Waals surface area contributed by atoms with Crippen molar-refractivity contribution < 1.29 is 18.3 Å². The molecule has 0 saturated carbocycles. The summed E-state index contributed by atoms with van der Waals surface area (Å²) < 4.78 is 38.8. The molecule has 2 aromatic rings. The van der Waals surface area contributed by atoms with E-state index in [4.69, 9.17) is 5.26 Å². The summed E-state index contributed by atoms with van der Waals surface area (Å²) in [6.07, 6.45) is -4.68. The number of aliphatic hydroxyl groups excluding tert-OH is 1. The Hall–Kier alpha value is -2.33. The molecule has 1 aliphatic heterocycles. The fourth-order valence-corrected chi connectivity index (χ4v) is 3.41. The fraction of sp³-hybridized carbons (Fsp3) is 0.412. The molecule has 24 heavy (non-hydrogen) atoms. The molecule has 1 aliphatic rings. The van der Waals surface area contributed by atoms with E-state index in [1.165, 1.54) is 6.20 Å². The van der Waals surface area contributed by atoms with Gasteiger partial charge in [-0.25, -0.2) is 4.98 Å². The van der Waals surface area contributed by atoms with Gasteiger partial charge in [0.2, 0.25) is 0 Å². The van der Waals surface area contributed by atoms with Gasteiger partial charge in [-0.1, -0.05) is 0 Å². The first-order valence-electron chi connectivity index (χ1n) is 7.65.